The first kappa shape index (κ1) is 20.3. The molecule has 0 N–H and O–H groups in total. The van der Waals surface area contributed by atoms with Crippen molar-refractivity contribution in [2.45, 2.75) is 39.3 Å². The zero-order valence-electron chi connectivity index (χ0n) is 17.5. The van der Waals surface area contributed by atoms with Crippen LogP contribution >= 0.6 is 0 Å². The Labute approximate surface area is 176 Å². The minimum Gasteiger partial charge on any atom is -0.491 e. The topological polar surface area (TPSA) is 68.5 Å². The Bertz CT molecular complexity index is 984. The van der Waals surface area contributed by atoms with E-state index in [1.54, 1.807) is 0 Å². The zero-order valence-corrected chi connectivity index (χ0v) is 17.5. The van der Waals surface area contributed by atoms with Crippen LogP contribution in [0, 0.1) is 5.92 Å². The smallest absolute Gasteiger partial charge is 0.241 e. The van der Waals surface area contributed by atoms with Gasteiger partial charge in [0, 0.05) is 23.6 Å². The average molecular weight is 405 g/mol. The fourth-order valence-electron chi connectivity index (χ4n) is 3.86. The molecular weight excluding hydrogens is 378 g/mol. The lowest BCUT2D eigenvalue weighted by Crippen LogP contribution is -2.38. The zero-order chi connectivity index (χ0) is 20.9. The van der Waals surface area contributed by atoms with E-state index in [0.29, 0.717) is 30.4 Å². The van der Waals surface area contributed by atoms with Gasteiger partial charge >= 0.3 is 0 Å². The third kappa shape index (κ3) is 4.94. The highest BCUT2D eigenvalue weighted by Gasteiger charge is 2.28. The summed E-state index contributed by atoms with van der Waals surface area (Å²) in [6, 6.07) is 17.3. The maximum absolute atomic E-state index is 13.1. The van der Waals surface area contributed by atoms with Gasteiger partial charge in [0.15, 0.2) is 5.78 Å². The monoisotopic (exact) mass is 405 g/mol. The highest BCUT2D eigenvalue weighted by atomic mass is 16.5. The molecule has 1 fully saturated rings. The highest BCUT2D eigenvalue weighted by molar-refractivity contribution is 5.98. The van der Waals surface area contributed by atoms with Gasteiger partial charge in [-0.25, -0.2) is 0 Å². The number of carbonyl (C=O) groups excluding carboxylic acids is 1. The number of likely N-dealkylation sites (tertiary alicyclic amines) is 1. The maximum Gasteiger partial charge on any atom is 0.241 e. The third-order valence-electron chi connectivity index (χ3n) is 5.23. The van der Waals surface area contributed by atoms with Crippen molar-refractivity contribution in [3.63, 3.8) is 0 Å². The maximum atomic E-state index is 13.1. The van der Waals surface area contributed by atoms with E-state index in [1.165, 1.54) is 0 Å². The number of hydrogen-bond acceptors (Lipinski definition) is 6. The van der Waals surface area contributed by atoms with Crippen molar-refractivity contribution in [2.75, 3.05) is 13.1 Å². The summed E-state index contributed by atoms with van der Waals surface area (Å²) in [5.41, 5.74) is 1.65. The lowest BCUT2D eigenvalue weighted by atomic mass is 9.90. The van der Waals surface area contributed by atoms with Gasteiger partial charge in [-0.05, 0) is 45.4 Å². The van der Waals surface area contributed by atoms with Crippen LogP contribution in [0.2, 0.25) is 0 Å². The van der Waals surface area contributed by atoms with Crippen molar-refractivity contribution in [3.05, 3.63) is 66.1 Å². The Morgan fingerprint density at radius 2 is 2.03 bits per heavy atom. The molecule has 0 bridgehead atoms. The number of Topliss-reactive ketones (excluding diaryl/α,β-unsaturated/α-hetero) is 1. The van der Waals surface area contributed by atoms with Crippen LogP contribution < -0.4 is 4.74 Å². The van der Waals surface area contributed by atoms with Crippen molar-refractivity contribution in [1.29, 1.82) is 0 Å². The Balaban J connectivity index is 1.40. The van der Waals surface area contributed by atoms with Crippen molar-refractivity contribution < 1.29 is 14.1 Å². The Hall–Kier alpha value is -2.99. The largest absolute Gasteiger partial charge is 0.491 e. The molecule has 1 aliphatic heterocycles. The molecule has 30 heavy (non-hydrogen) atoms. The van der Waals surface area contributed by atoms with Crippen LogP contribution in [0.25, 0.3) is 11.4 Å². The number of piperidine rings is 1. The Morgan fingerprint density at radius 1 is 1.20 bits per heavy atom. The predicted molar refractivity (Wildman–Crippen MR) is 114 cm³/mol. The predicted octanol–water partition coefficient (Wildman–Crippen LogP) is 4.62. The van der Waals surface area contributed by atoms with Crippen LogP contribution in [-0.4, -0.2) is 40.0 Å². The minimum absolute atomic E-state index is 0.0374. The quantitative estimate of drug-likeness (QED) is 0.534. The summed E-state index contributed by atoms with van der Waals surface area (Å²) in [6.45, 7) is 6.13. The summed E-state index contributed by atoms with van der Waals surface area (Å²) in [6.07, 6.45) is 1.94. The van der Waals surface area contributed by atoms with Crippen LogP contribution in [-0.2, 0) is 6.54 Å². The number of nitrogens with zero attached hydrogens (tertiary/aromatic N) is 3. The van der Waals surface area contributed by atoms with Crippen molar-refractivity contribution in [1.82, 2.24) is 15.0 Å². The normalized spacial score (nSPS) is 17.2. The molecule has 1 aromatic heterocycles. The molecule has 2 heterocycles. The van der Waals surface area contributed by atoms with E-state index in [4.69, 9.17) is 9.26 Å². The van der Waals surface area contributed by atoms with Gasteiger partial charge in [0.25, 0.3) is 0 Å². The lowest BCUT2D eigenvalue weighted by molar-refractivity contribution is 0.0796. The molecule has 0 unspecified atom stereocenters. The Kier molecular flexibility index (Phi) is 6.23. The van der Waals surface area contributed by atoms with E-state index in [1.807, 2.05) is 68.4 Å². The lowest BCUT2D eigenvalue weighted by Gasteiger charge is -2.30. The van der Waals surface area contributed by atoms with Gasteiger partial charge in [-0.2, -0.15) is 4.98 Å². The molecule has 3 aromatic rings. The SMILES string of the molecule is CC(C)Oc1cccc(C(=O)[C@H]2CCCN(Cc3nc(-c4ccccc4)no3)C2)c1. The fourth-order valence-corrected chi connectivity index (χ4v) is 3.86. The number of aromatic nitrogens is 2. The summed E-state index contributed by atoms with van der Waals surface area (Å²) >= 11 is 0. The van der Waals surface area contributed by atoms with Gasteiger partial charge in [0.1, 0.15) is 5.75 Å². The first-order valence-corrected chi connectivity index (χ1v) is 10.5. The van der Waals surface area contributed by atoms with Gasteiger partial charge in [-0.15, -0.1) is 0 Å². The molecule has 0 radical (unpaired) electrons. The molecule has 4 rings (SSSR count). The molecule has 0 amide bonds. The third-order valence-corrected chi connectivity index (χ3v) is 5.23. The highest BCUT2D eigenvalue weighted by Crippen LogP contribution is 2.25. The summed E-state index contributed by atoms with van der Waals surface area (Å²) < 4.78 is 11.2. The molecular formula is C24H27N3O3. The average Bonchev–Trinajstić information content (AvgIpc) is 3.22. The Morgan fingerprint density at radius 3 is 2.83 bits per heavy atom. The molecule has 2 aromatic carbocycles. The fraction of sp³-hybridized carbons (Fsp3) is 0.375. The number of rotatable bonds is 7. The number of carbonyl (C=O) groups is 1. The van der Waals surface area contributed by atoms with Crippen LogP contribution in [0.15, 0.2) is 59.1 Å². The molecule has 0 spiro atoms. The van der Waals surface area contributed by atoms with Crippen molar-refractivity contribution in [3.8, 4) is 17.1 Å². The van der Waals surface area contributed by atoms with Gasteiger partial charge < -0.3 is 9.26 Å². The van der Waals surface area contributed by atoms with Gasteiger partial charge in [0.2, 0.25) is 11.7 Å². The first-order valence-electron chi connectivity index (χ1n) is 10.5. The summed E-state index contributed by atoms with van der Waals surface area (Å²) in [5, 5.41) is 4.09. The standard InChI is InChI=1S/C24H27N3O3/c1-17(2)29-21-12-6-10-19(14-21)23(28)20-11-7-13-27(15-20)16-22-25-24(26-30-22)18-8-4-3-5-9-18/h3-6,8-10,12,14,17,20H,7,11,13,15-16H2,1-2H3/t20-/m0/s1. The minimum atomic E-state index is -0.0374. The number of ether oxygens (including phenoxy) is 1. The van der Waals surface area contributed by atoms with Crippen LogP contribution in [0.3, 0.4) is 0 Å². The van der Waals surface area contributed by atoms with E-state index in [0.717, 1.165) is 30.7 Å². The molecule has 156 valence electrons. The number of ketones is 1. The number of hydrogen-bond donors (Lipinski definition) is 0. The van der Waals surface area contributed by atoms with Crippen molar-refractivity contribution >= 4 is 5.78 Å². The summed E-state index contributed by atoms with van der Waals surface area (Å²) in [5.74, 6) is 2.04. The number of benzene rings is 2. The second-order valence-corrected chi connectivity index (χ2v) is 8.01. The molecule has 1 saturated heterocycles. The van der Waals surface area contributed by atoms with Crippen LogP contribution in [0.4, 0.5) is 0 Å². The molecule has 0 saturated carbocycles. The van der Waals surface area contributed by atoms with Crippen LogP contribution in [0.1, 0.15) is 42.9 Å². The van der Waals surface area contributed by atoms with Gasteiger partial charge in [-0.1, -0.05) is 47.6 Å². The van der Waals surface area contributed by atoms with Gasteiger partial charge in [-0.3, -0.25) is 9.69 Å². The second-order valence-electron chi connectivity index (χ2n) is 8.01. The molecule has 0 aliphatic carbocycles. The molecule has 1 aliphatic rings. The van der Waals surface area contributed by atoms with E-state index >= 15 is 0 Å². The van der Waals surface area contributed by atoms with Gasteiger partial charge in [0.05, 0.1) is 12.6 Å². The van der Waals surface area contributed by atoms with E-state index in [9.17, 15) is 4.79 Å². The van der Waals surface area contributed by atoms with E-state index in [2.05, 4.69) is 15.0 Å². The molecule has 6 heteroatoms. The van der Waals surface area contributed by atoms with Crippen LogP contribution in [0.5, 0.6) is 5.75 Å². The molecule has 6 nitrogen and oxygen atoms in total. The van der Waals surface area contributed by atoms with E-state index in [-0.39, 0.29) is 17.8 Å². The molecule has 1 atom stereocenters. The summed E-state index contributed by atoms with van der Waals surface area (Å²) in [4.78, 5) is 19.8. The second kappa shape index (κ2) is 9.22. The van der Waals surface area contributed by atoms with Crippen molar-refractivity contribution in [2.24, 2.45) is 5.92 Å². The first-order chi connectivity index (χ1) is 14.6. The van der Waals surface area contributed by atoms with E-state index < -0.39 is 0 Å². The summed E-state index contributed by atoms with van der Waals surface area (Å²) in [7, 11) is 0.